The van der Waals surface area contributed by atoms with Crippen LogP contribution in [0.4, 0.5) is 0 Å². The normalized spacial score (nSPS) is 12.8. The Balaban J connectivity index is 0.987. The second-order valence-electron chi connectivity index (χ2n) is 15.5. The van der Waals surface area contributed by atoms with Gasteiger partial charge in [0.1, 0.15) is 23.0 Å². The number of benzene rings is 11. The molecule has 2 aliphatic heterocycles. The van der Waals surface area contributed by atoms with Gasteiger partial charge in [0.15, 0.2) is 0 Å². The van der Waals surface area contributed by atoms with Crippen LogP contribution >= 0.6 is 0 Å². The van der Waals surface area contributed by atoms with Crippen molar-refractivity contribution in [2.45, 2.75) is 0 Å². The van der Waals surface area contributed by atoms with Crippen LogP contribution in [0.15, 0.2) is 188 Å². The standard InChI is InChI=1S/C54H31BO2/c1-3-14-40-36(10-1)38-12-5-7-16-42(38)46-28-32(20-24-44(40)46)34-22-26-50-48(30-34)55-49-31-35(23-27-51(49)57-53-19-9-18-52(56-50)54(53)55)33-21-25-45-41-15-4-2-11-37(41)39-13-6-8-17-43(39)47(45)29-33/h1-31H. The minimum absolute atomic E-state index is 0.0564. The minimum Gasteiger partial charge on any atom is -0.458 e. The molecule has 0 aromatic heterocycles. The maximum Gasteiger partial charge on any atom is 0.260 e. The van der Waals surface area contributed by atoms with Crippen LogP contribution in [-0.2, 0) is 0 Å². The van der Waals surface area contributed by atoms with Gasteiger partial charge in [-0.2, -0.15) is 0 Å². The van der Waals surface area contributed by atoms with E-state index in [-0.39, 0.29) is 6.71 Å². The van der Waals surface area contributed by atoms with Crippen molar-refractivity contribution in [2.24, 2.45) is 0 Å². The monoisotopic (exact) mass is 722 g/mol. The lowest BCUT2D eigenvalue weighted by Crippen LogP contribution is -2.57. The Morgan fingerprint density at radius 1 is 0.246 bits per heavy atom. The average molecular weight is 723 g/mol. The van der Waals surface area contributed by atoms with E-state index < -0.39 is 0 Å². The third kappa shape index (κ3) is 4.43. The Labute approximate surface area is 329 Å². The maximum absolute atomic E-state index is 6.67. The fraction of sp³-hybridized carbons (Fsp3) is 0. The van der Waals surface area contributed by atoms with Crippen molar-refractivity contribution in [1.82, 2.24) is 0 Å². The molecule has 2 aliphatic rings. The summed E-state index contributed by atoms with van der Waals surface area (Å²) >= 11 is 0. The molecule has 3 heteroatoms. The molecule has 0 atom stereocenters. The molecule has 0 aliphatic carbocycles. The van der Waals surface area contributed by atoms with Crippen molar-refractivity contribution >= 4 is 87.7 Å². The molecule has 0 amide bonds. The van der Waals surface area contributed by atoms with E-state index in [9.17, 15) is 0 Å². The molecule has 11 aromatic carbocycles. The van der Waals surface area contributed by atoms with E-state index in [0.717, 1.165) is 50.5 Å². The Kier molecular flexibility index (Phi) is 6.28. The van der Waals surface area contributed by atoms with Crippen molar-refractivity contribution in [3.63, 3.8) is 0 Å². The highest BCUT2D eigenvalue weighted by molar-refractivity contribution is 6.98. The second-order valence-corrected chi connectivity index (χ2v) is 15.5. The van der Waals surface area contributed by atoms with Gasteiger partial charge in [-0.25, -0.2) is 0 Å². The van der Waals surface area contributed by atoms with Gasteiger partial charge in [0.2, 0.25) is 0 Å². The van der Waals surface area contributed by atoms with E-state index in [2.05, 4.69) is 182 Å². The van der Waals surface area contributed by atoms with Crippen LogP contribution in [-0.4, -0.2) is 6.71 Å². The van der Waals surface area contributed by atoms with E-state index in [4.69, 9.17) is 9.47 Å². The summed E-state index contributed by atoms with van der Waals surface area (Å²) in [5, 5.41) is 15.3. The largest absolute Gasteiger partial charge is 0.458 e. The Morgan fingerprint density at radius 3 is 0.947 bits per heavy atom. The van der Waals surface area contributed by atoms with Gasteiger partial charge in [0, 0.05) is 5.46 Å². The van der Waals surface area contributed by atoms with Crippen molar-refractivity contribution in [2.75, 3.05) is 0 Å². The highest BCUT2D eigenvalue weighted by Gasteiger charge is 2.40. The van der Waals surface area contributed by atoms with Gasteiger partial charge in [0.25, 0.3) is 6.71 Å². The van der Waals surface area contributed by atoms with Crippen LogP contribution in [0.1, 0.15) is 0 Å². The quantitative estimate of drug-likeness (QED) is 0.131. The van der Waals surface area contributed by atoms with E-state index in [1.165, 1.54) is 75.8 Å². The highest BCUT2D eigenvalue weighted by atomic mass is 16.5. The molecule has 0 fully saturated rings. The third-order valence-electron chi connectivity index (χ3n) is 12.6. The predicted octanol–water partition coefficient (Wildman–Crippen LogP) is 12.7. The van der Waals surface area contributed by atoms with Gasteiger partial charge in [0.05, 0.1) is 0 Å². The van der Waals surface area contributed by atoms with Crippen LogP contribution in [0.3, 0.4) is 0 Å². The Hall–Kier alpha value is -7.36. The van der Waals surface area contributed by atoms with Crippen molar-refractivity contribution in [3.05, 3.63) is 188 Å². The molecular weight excluding hydrogens is 691 g/mol. The fourth-order valence-electron chi connectivity index (χ4n) is 9.97. The lowest BCUT2D eigenvalue weighted by Gasteiger charge is -2.33. The fourth-order valence-corrected chi connectivity index (χ4v) is 9.97. The molecule has 0 N–H and O–H groups in total. The lowest BCUT2D eigenvalue weighted by molar-refractivity contribution is 0.464. The van der Waals surface area contributed by atoms with Gasteiger partial charge in [-0.3, -0.25) is 0 Å². The van der Waals surface area contributed by atoms with Crippen LogP contribution in [0, 0.1) is 0 Å². The van der Waals surface area contributed by atoms with Crippen LogP contribution in [0.2, 0.25) is 0 Å². The summed E-state index contributed by atoms with van der Waals surface area (Å²) in [5.74, 6) is 3.46. The summed E-state index contributed by atoms with van der Waals surface area (Å²) in [7, 11) is 0. The molecule has 0 bridgehead atoms. The minimum atomic E-state index is -0.0564. The third-order valence-corrected chi connectivity index (χ3v) is 12.6. The van der Waals surface area contributed by atoms with Gasteiger partial charge in [-0.05, 0) is 134 Å². The predicted molar refractivity (Wildman–Crippen MR) is 240 cm³/mol. The van der Waals surface area contributed by atoms with Gasteiger partial charge < -0.3 is 9.47 Å². The van der Waals surface area contributed by atoms with Crippen LogP contribution in [0.5, 0.6) is 23.0 Å². The number of ether oxygens (including phenoxy) is 2. The summed E-state index contributed by atoms with van der Waals surface area (Å²) < 4.78 is 13.3. The SMILES string of the molecule is c1cc2c3c(c1)Oc1ccc(-c4ccc5c6ccccc6c6ccccc6c5c4)cc1B3c1cc(-c3ccc4c5ccccc5c5ccccc5c4c3)ccc1O2. The molecule has 11 aromatic rings. The molecule has 57 heavy (non-hydrogen) atoms. The molecule has 262 valence electrons. The Bertz CT molecular complexity index is 3250. The van der Waals surface area contributed by atoms with Gasteiger partial charge in [-0.15, -0.1) is 0 Å². The molecule has 13 rings (SSSR count). The van der Waals surface area contributed by atoms with Crippen molar-refractivity contribution in [3.8, 4) is 45.3 Å². The van der Waals surface area contributed by atoms with E-state index in [1.54, 1.807) is 0 Å². The topological polar surface area (TPSA) is 18.5 Å². The molecule has 0 spiro atoms. The molecule has 2 nitrogen and oxygen atoms in total. The van der Waals surface area contributed by atoms with Crippen molar-refractivity contribution < 1.29 is 9.47 Å². The highest BCUT2D eigenvalue weighted by Crippen LogP contribution is 2.41. The average Bonchev–Trinajstić information content (AvgIpc) is 3.28. The number of hydrogen-bond acceptors (Lipinski definition) is 2. The first kappa shape index (κ1) is 30.9. The summed E-state index contributed by atoms with van der Waals surface area (Å²) in [6.45, 7) is -0.0564. The van der Waals surface area contributed by atoms with Gasteiger partial charge >= 0.3 is 0 Å². The zero-order chi connectivity index (χ0) is 37.2. The summed E-state index contributed by atoms with van der Waals surface area (Å²) in [6.07, 6.45) is 0. The van der Waals surface area contributed by atoms with Crippen molar-refractivity contribution in [1.29, 1.82) is 0 Å². The first-order valence-electron chi connectivity index (χ1n) is 19.7. The summed E-state index contributed by atoms with van der Waals surface area (Å²) in [5.41, 5.74) is 8.06. The summed E-state index contributed by atoms with van der Waals surface area (Å²) in [6, 6.07) is 68.5. The first-order valence-corrected chi connectivity index (χ1v) is 19.7. The lowest BCUT2D eigenvalue weighted by atomic mass is 9.34. The molecule has 0 radical (unpaired) electrons. The van der Waals surface area contributed by atoms with Gasteiger partial charge in [-0.1, -0.05) is 152 Å². The maximum atomic E-state index is 6.67. The van der Waals surface area contributed by atoms with Crippen LogP contribution in [0.25, 0.3) is 86.9 Å². The number of fused-ring (bicyclic) bond motifs is 16. The summed E-state index contributed by atoms with van der Waals surface area (Å²) in [4.78, 5) is 0. The molecule has 2 heterocycles. The zero-order valence-corrected chi connectivity index (χ0v) is 30.8. The molecule has 0 saturated carbocycles. The molecular formula is C54H31BO2. The second kappa shape index (κ2) is 11.6. The van der Waals surface area contributed by atoms with E-state index in [1.807, 2.05) is 6.07 Å². The van der Waals surface area contributed by atoms with E-state index >= 15 is 0 Å². The smallest absolute Gasteiger partial charge is 0.260 e. The van der Waals surface area contributed by atoms with E-state index in [0.29, 0.717) is 0 Å². The first-order chi connectivity index (χ1) is 28.2. The molecule has 0 unspecified atom stereocenters. The number of rotatable bonds is 2. The molecule has 0 saturated heterocycles. The zero-order valence-electron chi connectivity index (χ0n) is 30.8. The Morgan fingerprint density at radius 2 is 0.561 bits per heavy atom. The number of hydrogen-bond donors (Lipinski definition) is 0. The van der Waals surface area contributed by atoms with Crippen LogP contribution < -0.4 is 25.9 Å².